The molecule has 1 N–H and O–H groups in total. The van der Waals surface area contributed by atoms with Gasteiger partial charge in [-0.2, -0.15) is 0 Å². The predicted octanol–water partition coefficient (Wildman–Crippen LogP) is 2.14. The van der Waals surface area contributed by atoms with E-state index in [1.54, 1.807) is 0 Å². The van der Waals surface area contributed by atoms with Crippen molar-refractivity contribution in [3.8, 4) is 5.95 Å². The second-order valence-corrected chi connectivity index (χ2v) is 7.12. The molecule has 3 aliphatic heterocycles. The van der Waals surface area contributed by atoms with Crippen LogP contribution in [0.5, 0.6) is 5.95 Å². The lowest BCUT2D eigenvalue weighted by molar-refractivity contribution is 0.0593. The number of esters is 1. The van der Waals surface area contributed by atoms with Gasteiger partial charge in [-0.1, -0.05) is 25.1 Å². The molecule has 0 unspecified atom stereocenters. The van der Waals surface area contributed by atoms with Crippen LogP contribution < -0.4 is 10.6 Å². The van der Waals surface area contributed by atoms with E-state index in [-0.39, 0.29) is 17.4 Å². The zero-order chi connectivity index (χ0) is 18.7. The summed E-state index contributed by atoms with van der Waals surface area (Å²) in [5, 5.41) is 12.5. The molecule has 3 aliphatic rings. The average Bonchev–Trinajstić information content (AvgIpc) is 3.23. The van der Waals surface area contributed by atoms with Gasteiger partial charge >= 0.3 is 5.97 Å². The number of para-hydroxylation sites is 1. The van der Waals surface area contributed by atoms with Crippen LogP contribution in [0.2, 0.25) is 0 Å². The molecule has 0 radical (unpaired) electrons. The first-order chi connectivity index (χ1) is 13.1. The van der Waals surface area contributed by atoms with Gasteiger partial charge in [0.15, 0.2) is 5.76 Å². The van der Waals surface area contributed by atoms with Crippen LogP contribution in [0.15, 0.2) is 39.4 Å². The number of fused-ring (bicyclic) bond motifs is 5. The summed E-state index contributed by atoms with van der Waals surface area (Å²) in [5.74, 6) is -0.298. The first kappa shape index (κ1) is 16.2. The van der Waals surface area contributed by atoms with Gasteiger partial charge in [0, 0.05) is 29.8 Å². The summed E-state index contributed by atoms with van der Waals surface area (Å²) < 4.78 is 10.6. The molecule has 6 nitrogen and oxygen atoms in total. The Bertz CT molecular complexity index is 1130. The van der Waals surface area contributed by atoms with Crippen molar-refractivity contribution in [3.05, 3.63) is 57.4 Å². The van der Waals surface area contributed by atoms with Crippen LogP contribution in [0.1, 0.15) is 47.4 Å². The van der Waals surface area contributed by atoms with Crippen LogP contribution >= 0.6 is 0 Å². The minimum atomic E-state index is -0.568. The molecule has 4 heterocycles. The number of rotatable bonds is 2. The van der Waals surface area contributed by atoms with Gasteiger partial charge in [0.2, 0.25) is 0 Å². The molecule has 1 atom stereocenters. The Morgan fingerprint density at radius 2 is 2.22 bits per heavy atom. The Morgan fingerprint density at radius 3 is 3.00 bits per heavy atom. The number of carbonyl (C=O) groups excluding carboxylic acids is 1. The van der Waals surface area contributed by atoms with E-state index in [2.05, 4.69) is 17.9 Å². The fourth-order valence-corrected chi connectivity index (χ4v) is 4.52. The van der Waals surface area contributed by atoms with Gasteiger partial charge in [-0.05, 0) is 24.5 Å². The van der Waals surface area contributed by atoms with Gasteiger partial charge in [0.25, 0.3) is 5.95 Å². The van der Waals surface area contributed by atoms with Crippen molar-refractivity contribution in [1.82, 2.24) is 4.90 Å². The van der Waals surface area contributed by atoms with Crippen molar-refractivity contribution in [1.29, 1.82) is 0 Å². The summed E-state index contributed by atoms with van der Waals surface area (Å²) in [6.45, 7) is 3.71. The van der Waals surface area contributed by atoms with Crippen LogP contribution in [0.4, 0.5) is 0 Å². The summed E-state index contributed by atoms with van der Waals surface area (Å²) in [5.41, 5.74) is 3.86. The maximum atomic E-state index is 12.3. The number of furan rings is 1. The largest absolute Gasteiger partial charge is 0.480 e. The summed E-state index contributed by atoms with van der Waals surface area (Å²) in [7, 11) is 1.31. The van der Waals surface area contributed by atoms with Gasteiger partial charge in [-0.15, -0.1) is 0 Å². The van der Waals surface area contributed by atoms with Crippen molar-refractivity contribution >= 4 is 17.2 Å². The van der Waals surface area contributed by atoms with E-state index in [1.807, 2.05) is 18.2 Å². The normalized spacial score (nSPS) is 19.9. The third-order valence-corrected chi connectivity index (χ3v) is 5.79. The Hall–Kier alpha value is -3.02. The molecule has 0 saturated carbocycles. The summed E-state index contributed by atoms with van der Waals surface area (Å²) >= 11 is 0. The highest BCUT2D eigenvalue weighted by atomic mass is 16.5. The van der Waals surface area contributed by atoms with Crippen molar-refractivity contribution in [3.63, 3.8) is 0 Å². The number of aromatic hydroxyl groups is 1. The molecule has 0 amide bonds. The fourth-order valence-electron chi connectivity index (χ4n) is 4.52. The molecular weight excluding hydrogens is 344 g/mol. The topological polar surface area (TPSA) is 75.3 Å². The number of nitrogens with zero attached hydrogens (tertiary/aromatic N) is 2. The predicted molar refractivity (Wildman–Crippen MR) is 98.5 cm³/mol. The minimum absolute atomic E-state index is 0.0911. The number of ether oxygens (including phenoxy) is 1. The summed E-state index contributed by atoms with van der Waals surface area (Å²) in [6, 6.07) is 8.11. The summed E-state index contributed by atoms with van der Waals surface area (Å²) in [6.07, 6.45) is 1.75. The first-order valence-corrected chi connectivity index (χ1v) is 9.24. The van der Waals surface area contributed by atoms with Gasteiger partial charge in [0.1, 0.15) is 11.3 Å². The van der Waals surface area contributed by atoms with Crippen LogP contribution in [0.25, 0.3) is 11.3 Å². The number of hydrogen-bond donors (Lipinski definition) is 1. The zero-order valence-electron chi connectivity index (χ0n) is 15.3. The van der Waals surface area contributed by atoms with Crippen LogP contribution in [-0.4, -0.2) is 36.2 Å². The molecule has 0 bridgehead atoms. The summed E-state index contributed by atoms with van der Waals surface area (Å²) in [4.78, 5) is 19.4. The highest BCUT2D eigenvalue weighted by Crippen LogP contribution is 2.48. The van der Waals surface area contributed by atoms with Gasteiger partial charge < -0.3 is 19.2 Å². The molecule has 1 aromatic carbocycles. The minimum Gasteiger partial charge on any atom is -0.480 e. The third-order valence-electron chi connectivity index (χ3n) is 5.79. The van der Waals surface area contributed by atoms with Crippen LogP contribution in [0.3, 0.4) is 0 Å². The average molecular weight is 364 g/mol. The number of methoxy groups -OCH3 is 1. The van der Waals surface area contributed by atoms with Crippen molar-refractivity contribution in [2.45, 2.75) is 25.7 Å². The standard InChI is InChI=1S/C21H20N2O4/c1-3-11-10-23-9-8-13-12-6-4-5-7-14(12)22-17(13)18(23)19-15(11)16(20(24)26-2)21(25)27-19/h4-7,11,25H,3,8-10H2,1-2H3/t11-/m1/s1. The van der Waals surface area contributed by atoms with E-state index in [0.717, 1.165) is 53.5 Å². The highest BCUT2D eigenvalue weighted by molar-refractivity contribution is 5.96. The molecule has 0 aliphatic carbocycles. The molecule has 0 fully saturated rings. The zero-order valence-corrected chi connectivity index (χ0v) is 15.3. The van der Waals surface area contributed by atoms with Crippen molar-refractivity contribution in [2.24, 2.45) is 4.99 Å². The number of benzene rings is 1. The second kappa shape index (κ2) is 5.74. The van der Waals surface area contributed by atoms with Gasteiger partial charge in [0.05, 0.1) is 18.2 Å². The van der Waals surface area contributed by atoms with E-state index < -0.39 is 5.97 Å². The number of carbonyl (C=O) groups is 1. The quantitative estimate of drug-likeness (QED) is 0.827. The van der Waals surface area contributed by atoms with E-state index in [9.17, 15) is 9.90 Å². The maximum absolute atomic E-state index is 12.3. The maximum Gasteiger partial charge on any atom is 0.345 e. The molecule has 6 heteroatoms. The van der Waals surface area contributed by atoms with E-state index >= 15 is 0 Å². The first-order valence-electron chi connectivity index (χ1n) is 9.24. The smallest absolute Gasteiger partial charge is 0.345 e. The Labute approximate surface area is 156 Å². The van der Waals surface area contributed by atoms with E-state index in [4.69, 9.17) is 14.1 Å². The molecule has 0 saturated heterocycles. The van der Waals surface area contributed by atoms with E-state index in [1.165, 1.54) is 12.7 Å². The monoisotopic (exact) mass is 364 g/mol. The molecular formula is C21H20N2O4. The van der Waals surface area contributed by atoms with Gasteiger partial charge in [-0.3, -0.25) is 0 Å². The van der Waals surface area contributed by atoms with Crippen LogP contribution in [-0.2, 0) is 4.74 Å². The third kappa shape index (κ3) is 2.13. The van der Waals surface area contributed by atoms with Crippen molar-refractivity contribution < 1.29 is 19.1 Å². The second-order valence-electron chi connectivity index (χ2n) is 7.12. The molecule has 5 rings (SSSR count). The lowest BCUT2D eigenvalue weighted by Crippen LogP contribution is -2.37. The van der Waals surface area contributed by atoms with Crippen LogP contribution in [0, 0.1) is 0 Å². The van der Waals surface area contributed by atoms with E-state index in [0.29, 0.717) is 5.76 Å². The molecule has 0 spiro atoms. The molecule has 27 heavy (non-hydrogen) atoms. The number of allylic oxidation sites excluding steroid dienone is 1. The highest BCUT2D eigenvalue weighted by Gasteiger charge is 2.41. The Morgan fingerprint density at radius 1 is 1.41 bits per heavy atom. The Kier molecular flexibility index (Phi) is 3.44. The Balaban J connectivity index is 1.82. The fraction of sp³-hybridized carbons (Fsp3) is 0.333. The van der Waals surface area contributed by atoms with Gasteiger partial charge in [-0.25, -0.2) is 9.79 Å². The van der Waals surface area contributed by atoms with Crippen molar-refractivity contribution in [2.75, 3.05) is 20.2 Å². The molecule has 138 valence electrons. The lowest BCUT2D eigenvalue weighted by Gasteiger charge is -2.38. The SMILES string of the molecule is CC[C@@H]1CN2CCC3=c4ccccc4=NC3=C2c2oc(O)c(C(=O)OC)c21. The molecule has 2 aromatic rings. The number of hydrogen-bond acceptors (Lipinski definition) is 6. The lowest BCUT2D eigenvalue weighted by atomic mass is 9.85. The molecule has 1 aromatic heterocycles.